The minimum Gasteiger partial charge on any atom is -0.455 e. The third-order valence-electron chi connectivity index (χ3n) is 10.9. The smallest absolute Gasteiger partial charge is 0.164 e. The minimum atomic E-state index is 0.594. The Balaban J connectivity index is 1.12. The second-order valence-corrected chi connectivity index (χ2v) is 14.4. The zero-order valence-electron chi connectivity index (χ0n) is 30.8. The van der Waals surface area contributed by atoms with E-state index in [9.17, 15) is 0 Å². The van der Waals surface area contributed by atoms with Gasteiger partial charge in [-0.25, -0.2) is 15.0 Å². The van der Waals surface area contributed by atoms with Crippen LogP contribution in [0, 0.1) is 0 Å². The van der Waals surface area contributed by atoms with Crippen LogP contribution in [-0.2, 0) is 0 Å². The number of benzene rings is 9. The Bertz CT molecular complexity index is 3220. The van der Waals surface area contributed by atoms with Crippen molar-refractivity contribution >= 4 is 43.5 Å². The number of rotatable bonds is 6. The first-order valence-electron chi connectivity index (χ1n) is 19.2. The molecular formula is C53H33N3O. The lowest BCUT2D eigenvalue weighted by molar-refractivity contribution is 0.672. The molecule has 4 nitrogen and oxygen atoms in total. The fraction of sp³-hybridized carbons (Fsp3) is 0. The van der Waals surface area contributed by atoms with Crippen LogP contribution >= 0.6 is 0 Å². The Morgan fingerprint density at radius 3 is 1.49 bits per heavy atom. The number of hydrogen-bond acceptors (Lipinski definition) is 4. The molecule has 0 saturated carbocycles. The first-order chi connectivity index (χ1) is 28.2. The van der Waals surface area contributed by atoms with Crippen molar-refractivity contribution < 1.29 is 4.42 Å². The molecule has 0 atom stereocenters. The van der Waals surface area contributed by atoms with Gasteiger partial charge in [0.1, 0.15) is 11.2 Å². The van der Waals surface area contributed by atoms with Crippen molar-refractivity contribution in [3.63, 3.8) is 0 Å². The van der Waals surface area contributed by atoms with Gasteiger partial charge in [-0.3, -0.25) is 0 Å². The van der Waals surface area contributed by atoms with Crippen molar-refractivity contribution in [2.75, 3.05) is 0 Å². The number of nitrogens with zero attached hydrogens (tertiary/aromatic N) is 3. The highest BCUT2D eigenvalue weighted by Crippen LogP contribution is 2.42. The van der Waals surface area contributed by atoms with E-state index >= 15 is 0 Å². The SMILES string of the molecule is c1ccc(-c2cc(-c3ccccc3)cc(-c3nc(-c4ccccc4)nc(-c4ccc5oc6c7ccccc7c(-c7ccc8ccccc8c7)cc6c5c4)n3)c2)cc1. The van der Waals surface area contributed by atoms with E-state index in [0.29, 0.717) is 17.5 Å². The van der Waals surface area contributed by atoms with Crippen molar-refractivity contribution in [1.29, 1.82) is 0 Å². The molecule has 0 aliphatic rings. The third kappa shape index (κ3) is 5.92. The minimum absolute atomic E-state index is 0.594. The molecule has 4 heteroatoms. The molecule has 11 rings (SSSR count). The Labute approximate surface area is 329 Å². The summed E-state index contributed by atoms with van der Waals surface area (Å²) >= 11 is 0. The molecule has 11 aromatic rings. The zero-order valence-corrected chi connectivity index (χ0v) is 30.8. The number of fused-ring (bicyclic) bond motifs is 6. The predicted molar refractivity (Wildman–Crippen MR) is 235 cm³/mol. The summed E-state index contributed by atoms with van der Waals surface area (Å²) in [4.78, 5) is 15.5. The summed E-state index contributed by atoms with van der Waals surface area (Å²) in [6.07, 6.45) is 0. The van der Waals surface area contributed by atoms with Gasteiger partial charge in [0.2, 0.25) is 0 Å². The molecule has 57 heavy (non-hydrogen) atoms. The maximum atomic E-state index is 6.66. The van der Waals surface area contributed by atoms with Crippen molar-refractivity contribution in [3.8, 4) is 67.5 Å². The van der Waals surface area contributed by atoms with Crippen LogP contribution in [0.2, 0.25) is 0 Å². The highest BCUT2D eigenvalue weighted by atomic mass is 16.3. The molecule has 0 N–H and O–H groups in total. The highest BCUT2D eigenvalue weighted by Gasteiger charge is 2.19. The summed E-state index contributed by atoms with van der Waals surface area (Å²) in [5.41, 5.74) is 11.2. The van der Waals surface area contributed by atoms with Crippen LogP contribution in [-0.4, -0.2) is 15.0 Å². The Kier molecular flexibility index (Phi) is 7.78. The molecule has 9 aromatic carbocycles. The molecule has 2 heterocycles. The predicted octanol–water partition coefficient (Wildman–Crippen LogP) is 14.1. The number of hydrogen-bond donors (Lipinski definition) is 0. The summed E-state index contributed by atoms with van der Waals surface area (Å²) in [5.74, 6) is 1.82. The lowest BCUT2D eigenvalue weighted by Crippen LogP contribution is -2.00. The molecule has 0 spiro atoms. The van der Waals surface area contributed by atoms with Gasteiger partial charge in [0.25, 0.3) is 0 Å². The molecule has 2 aromatic heterocycles. The summed E-state index contributed by atoms with van der Waals surface area (Å²) in [7, 11) is 0. The van der Waals surface area contributed by atoms with E-state index in [4.69, 9.17) is 19.4 Å². The molecule has 266 valence electrons. The van der Waals surface area contributed by atoms with Crippen LogP contribution in [0.1, 0.15) is 0 Å². The van der Waals surface area contributed by atoms with E-state index < -0.39 is 0 Å². The molecule has 0 unspecified atom stereocenters. The monoisotopic (exact) mass is 727 g/mol. The molecule has 0 bridgehead atoms. The Morgan fingerprint density at radius 2 is 0.807 bits per heavy atom. The van der Waals surface area contributed by atoms with Crippen LogP contribution in [0.5, 0.6) is 0 Å². The summed E-state index contributed by atoms with van der Waals surface area (Å²) in [5, 5.41) is 6.73. The Morgan fingerprint density at radius 1 is 0.281 bits per heavy atom. The third-order valence-corrected chi connectivity index (χ3v) is 10.9. The summed E-state index contributed by atoms with van der Waals surface area (Å²) in [6, 6.07) is 70.0. The van der Waals surface area contributed by atoms with Gasteiger partial charge in [-0.1, -0.05) is 152 Å². The van der Waals surface area contributed by atoms with Gasteiger partial charge in [-0.15, -0.1) is 0 Å². The van der Waals surface area contributed by atoms with Crippen molar-refractivity contribution in [1.82, 2.24) is 15.0 Å². The first kappa shape index (κ1) is 32.7. The average Bonchev–Trinajstić information content (AvgIpc) is 3.67. The van der Waals surface area contributed by atoms with Crippen molar-refractivity contribution in [3.05, 3.63) is 200 Å². The van der Waals surface area contributed by atoms with Crippen LogP contribution in [0.3, 0.4) is 0 Å². The molecule has 0 fully saturated rings. The van der Waals surface area contributed by atoms with E-state index in [1.807, 2.05) is 48.5 Å². The van der Waals surface area contributed by atoms with E-state index in [2.05, 4.69) is 152 Å². The molecule has 0 aliphatic carbocycles. The van der Waals surface area contributed by atoms with Gasteiger partial charge in [-0.05, 0) is 98.1 Å². The molecule has 0 saturated heterocycles. The van der Waals surface area contributed by atoms with Crippen molar-refractivity contribution in [2.24, 2.45) is 0 Å². The first-order valence-corrected chi connectivity index (χ1v) is 19.2. The maximum Gasteiger partial charge on any atom is 0.164 e. The molecule has 0 aliphatic heterocycles. The molecule has 0 radical (unpaired) electrons. The van der Waals surface area contributed by atoms with E-state index in [0.717, 1.165) is 71.7 Å². The average molecular weight is 728 g/mol. The standard InChI is InChI=1S/C53H33N3O/c1-4-14-34(15-5-1)41-29-42(35-16-6-2-7-17-35)31-43(30-41)53-55-51(37-19-8-3-9-20-37)54-52(56-53)40-26-27-49-47(32-40)48-33-46(44-22-12-13-23-45(44)50(48)57-49)39-25-24-36-18-10-11-21-38(36)28-39/h1-33H. The van der Waals surface area contributed by atoms with Crippen LogP contribution in [0.25, 0.3) is 111 Å². The van der Waals surface area contributed by atoms with Gasteiger partial charge in [0.05, 0.1) is 0 Å². The van der Waals surface area contributed by atoms with Gasteiger partial charge in [0.15, 0.2) is 17.5 Å². The maximum absolute atomic E-state index is 6.66. The largest absolute Gasteiger partial charge is 0.455 e. The zero-order chi connectivity index (χ0) is 37.7. The quantitative estimate of drug-likeness (QED) is 0.171. The normalized spacial score (nSPS) is 11.5. The van der Waals surface area contributed by atoms with Crippen LogP contribution in [0.15, 0.2) is 205 Å². The topological polar surface area (TPSA) is 51.8 Å². The van der Waals surface area contributed by atoms with Gasteiger partial charge < -0.3 is 4.42 Å². The fourth-order valence-electron chi connectivity index (χ4n) is 8.03. The van der Waals surface area contributed by atoms with Gasteiger partial charge >= 0.3 is 0 Å². The van der Waals surface area contributed by atoms with E-state index in [-0.39, 0.29) is 0 Å². The molecular weight excluding hydrogens is 695 g/mol. The lowest BCUT2D eigenvalue weighted by atomic mass is 9.94. The van der Waals surface area contributed by atoms with Crippen LogP contribution in [0.4, 0.5) is 0 Å². The van der Waals surface area contributed by atoms with Crippen LogP contribution < -0.4 is 0 Å². The second-order valence-electron chi connectivity index (χ2n) is 14.4. The Hall–Kier alpha value is -7.69. The summed E-state index contributed by atoms with van der Waals surface area (Å²) < 4.78 is 6.66. The van der Waals surface area contributed by atoms with E-state index in [1.54, 1.807) is 0 Å². The fourth-order valence-corrected chi connectivity index (χ4v) is 8.03. The van der Waals surface area contributed by atoms with Gasteiger partial charge in [-0.2, -0.15) is 0 Å². The molecule has 0 amide bonds. The second kappa shape index (κ2) is 13.6. The van der Waals surface area contributed by atoms with E-state index in [1.165, 1.54) is 21.9 Å². The summed E-state index contributed by atoms with van der Waals surface area (Å²) in [6.45, 7) is 0. The number of aromatic nitrogens is 3. The lowest BCUT2D eigenvalue weighted by Gasteiger charge is -2.12. The highest BCUT2D eigenvalue weighted by molar-refractivity contribution is 6.19. The van der Waals surface area contributed by atoms with Gasteiger partial charge in [0, 0.05) is 32.8 Å². The number of furan rings is 1. The van der Waals surface area contributed by atoms with Crippen molar-refractivity contribution in [2.45, 2.75) is 0 Å².